The molecule has 20 heavy (non-hydrogen) atoms. The Hall–Kier alpha value is -2.27. The summed E-state index contributed by atoms with van der Waals surface area (Å²) >= 11 is 5.93. The van der Waals surface area contributed by atoms with E-state index in [-0.39, 0.29) is 16.5 Å². The number of benzene rings is 1. The van der Waals surface area contributed by atoms with Crippen molar-refractivity contribution in [2.45, 2.75) is 6.92 Å². The molecule has 104 valence electrons. The summed E-state index contributed by atoms with van der Waals surface area (Å²) < 4.78 is 5.36. The topological polar surface area (TPSA) is 77.2 Å². The molecule has 5 nitrogen and oxygen atoms in total. The smallest absolute Gasteiger partial charge is 0.275 e. The van der Waals surface area contributed by atoms with Gasteiger partial charge in [0.25, 0.3) is 5.91 Å². The van der Waals surface area contributed by atoms with Crippen LogP contribution in [0.15, 0.2) is 36.4 Å². The van der Waals surface area contributed by atoms with E-state index in [1.165, 1.54) is 12.1 Å². The summed E-state index contributed by atoms with van der Waals surface area (Å²) in [6.07, 6.45) is 0. The fourth-order valence-corrected chi connectivity index (χ4v) is 1.83. The maximum Gasteiger partial charge on any atom is 0.275 e. The van der Waals surface area contributed by atoms with Crippen LogP contribution in [-0.2, 0) is 0 Å². The number of hydrogen-bond donors (Lipinski definition) is 2. The molecule has 1 heterocycles. The van der Waals surface area contributed by atoms with Crippen molar-refractivity contribution in [3.05, 3.63) is 47.1 Å². The van der Waals surface area contributed by atoms with E-state index >= 15 is 0 Å². The number of rotatable bonds is 4. The molecule has 0 aliphatic carbocycles. The van der Waals surface area contributed by atoms with Gasteiger partial charge in [0.15, 0.2) is 0 Å². The molecule has 1 amide bonds. The summed E-state index contributed by atoms with van der Waals surface area (Å²) in [5, 5.41) is 2.95. The first-order chi connectivity index (χ1) is 9.60. The number of carbonyl (C=O) groups excluding carboxylic acids is 1. The van der Waals surface area contributed by atoms with E-state index < -0.39 is 5.91 Å². The van der Waals surface area contributed by atoms with Crippen molar-refractivity contribution < 1.29 is 9.53 Å². The molecule has 0 aliphatic heterocycles. The fourth-order valence-electron chi connectivity index (χ4n) is 1.64. The molecule has 0 bridgehead atoms. The van der Waals surface area contributed by atoms with E-state index in [1.807, 2.05) is 13.0 Å². The first-order valence-corrected chi connectivity index (χ1v) is 6.44. The lowest BCUT2D eigenvalue weighted by molar-refractivity contribution is 0.102. The number of carbonyl (C=O) groups is 1. The molecular weight excluding hydrogens is 278 g/mol. The van der Waals surface area contributed by atoms with Crippen molar-refractivity contribution in [3.8, 4) is 5.75 Å². The Morgan fingerprint density at radius 1 is 1.40 bits per heavy atom. The first kappa shape index (κ1) is 14.1. The van der Waals surface area contributed by atoms with Crippen LogP contribution in [0.5, 0.6) is 5.75 Å². The van der Waals surface area contributed by atoms with Crippen LogP contribution in [0.25, 0.3) is 0 Å². The van der Waals surface area contributed by atoms with Gasteiger partial charge in [-0.05, 0) is 31.2 Å². The average Bonchev–Trinajstić information content (AvgIpc) is 2.42. The third-order valence-electron chi connectivity index (χ3n) is 2.49. The number of anilines is 2. The second-order valence-electron chi connectivity index (χ2n) is 3.98. The highest BCUT2D eigenvalue weighted by Crippen LogP contribution is 2.20. The summed E-state index contributed by atoms with van der Waals surface area (Å²) in [6, 6.07) is 10.1. The van der Waals surface area contributed by atoms with Gasteiger partial charge < -0.3 is 15.8 Å². The number of hydrogen-bond acceptors (Lipinski definition) is 4. The second-order valence-corrected chi connectivity index (χ2v) is 4.39. The van der Waals surface area contributed by atoms with Crippen molar-refractivity contribution in [1.29, 1.82) is 0 Å². The van der Waals surface area contributed by atoms with Crippen LogP contribution < -0.4 is 15.8 Å². The van der Waals surface area contributed by atoms with Gasteiger partial charge in [-0.3, -0.25) is 4.79 Å². The van der Waals surface area contributed by atoms with E-state index in [0.29, 0.717) is 18.0 Å². The highest BCUT2D eigenvalue weighted by molar-refractivity contribution is 6.34. The monoisotopic (exact) mass is 291 g/mol. The quantitative estimate of drug-likeness (QED) is 0.908. The zero-order chi connectivity index (χ0) is 14.5. The van der Waals surface area contributed by atoms with Crippen molar-refractivity contribution in [1.82, 2.24) is 4.98 Å². The summed E-state index contributed by atoms with van der Waals surface area (Å²) in [5.74, 6) is 0.496. The lowest BCUT2D eigenvalue weighted by Crippen LogP contribution is -2.15. The van der Waals surface area contributed by atoms with E-state index in [4.69, 9.17) is 22.1 Å². The van der Waals surface area contributed by atoms with E-state index in [1.54, 1.807) is 18.2 Å². The predicted octanol–water partition coefficient (Wildman–Crippen LogP) is 2.97. The third kappa shape index (κ3) is 3.39. The Morgan fingerprint density at radius 3 is 2.95 bits per heavy atom. The minimum absolute atomic E-state index is 0.0912. The van der Waals surface area contributed by atoms with Gasteiger partial charge in [0.1, 0.15) is 17.3 Å². The molecule has 0 saturated carbocycles. The van der Waals surface area contributed by atoms with E-state index in [9.17, 15) is 4.79 Å². The largest absolute Gasteiger partial charge is 0.494 e. The SMILES string of the molecule is CCOc1cccc(NC(=O)c2nc(N)ccc2Cl)c1. The molecule has 0 radical (unpaired) electrons. The zero-order valence-electron chi connectivity index (χ0n) is 10.9. The highest BCUT2D eigenvalue weighted by Gasteiger charge is 2.13. The molecule has 2 aromatic rings. The molecule has 0 fully saturated rings. The standard InChI is InChI=1S/C14H14ClN3O2/c1-2-20-10-5-3-4-9(8-10)17-14(19)13-11(15)6-7-12(16)18-13/h3-8H,2H2,1H3,(H2,16,18)(H,17,19). The molecule has 1 aromatic heterocycles. The van der Waals surface area contributed by atoms with Gasteiger partial charge in [0.2, 0.25) is 0 Å². The van der Waals surface area contributed by atoms with Crippen LogP contribution in [0.2, 0.25) is 5.02 Å². The number of aromatic nitrogens is 1. The van der Waals surface area contributed by atoms with Gasteiger partial charge in [0, 0.05) is 11.8 Å². The summed E-state index contributed by atoms with van der Waals surface area (Å²) in [5.41, 5.74) is 6.24. The minimum atomic E-state index is -0.420. The van der Waals surface area contributed by atoms with Crippen molar-refractivity contribution in [2.24, 2.45) is 0 Å². The van der Waals surface area contributed by atoms with Gasteiger partial charge in [0.05, 0.1) is 11.6 Å². The molecule has 6 heteroatoms. The molecule has 0 aliphatic rings. The van der Waals surface area contributed by atoms with Crippen LogP contribution in [0.1, 0.15) is 17.4 Å². The van der Waals surface area contributed by atoms with Crippen LogP contribution in [0.4, 0.5) is 11.5 Å². The van der Waals surface area contributed by atoms with Crippen molar-refractivity contribution >= 4 is 29.0 Å². The summed E-state index contributed by atoms with van der Waals surface area (Å²) in [6.45, 7) is 2.45. The minimum Gasteiger partial charge on any atom is -0.494 e. The molecule has 1 aromatic carbocycles. The first-order valence-electron chi connectivity index (χ1n) is 6.06. The number of nitrogens with one attached hydrogen (secondary N) is 1. The zero-order valence-corrected chi connectivity index (χ0v) is 11.6. The second kappa shape index (κ2) is 6.25. The molecule has 0 unspecified atom stereocenters. The summed E-state index contributed by atoms with van der Waals surface area (Å²) in [7, 11) is 0. The number of amides is 1. The molecule has 0 saturated heterocycles. The van der Waals surface area contributed by atoms with Gasteiger partial charge in [-0.25, -0.2) is 4.98 Å². The molecule has 3 N–H and O–H groups in total. The molecular formula is C14H14ClN3O2. The normalized spacial score (nSPS) is 10.1. The average molecular weight is 292 g/mol. The van der Waals surface area contributed by atoms with Crippen LogP contribution >= 0.6 is 11.6 Å². The number of pyridine rings is 1. The number of ether oxygens (including phenoxy) is 1. The number of nitrogens with zero attached hydrogens (tertiary/aromatic N) is 1. The van der Waals surface area contributed by atoms with Crippen molar-refractivity contribution in [3.63, 3.8) is 0 Å². The number of halogens is 1. The van der Waals surface area contributed by atoms with Crippen molar-refractivity contribution in [2.75, 3.05) is 17.7 Å². The molecule has 0 atom stereocenters. The van der Waals surface area contributed by atoms with E-state index in [0.717, 1.165) is 0 Å². The Labute approximate surface area is 121 Å². The van der Waals surface area contributed by atoms with Gasteiger partial charge in [-0.2, -0.15) is 0 Å². The molecule has 2 rings (SSSR count). The maximum atomic E-state index is 12.1. The number of nitrogens with two attached hydrogens (primary N) is 1. The van der Waals surface area contributed by atoms with Gasteiger partial charge in [-0.1, -0.05) is 17.7 Å². The Bertz CT molecular complexity index is 632. The predicted molar refractivity (Wildman–Crippen MR) is 79.2 cm³/mol. The summed E-state index contributed by atoms with van der Waals surface area (Å²) in [4.78, 5) is 16.0. The van der Waals surface area contributed by atoms with Gasteiger partial charge >= 0.3 is 0 Å². The number of nitrogen functional groups attached to an aromatic ring is 1. The third-order valence-corrected chi connectivity index (χ3v) is 2.79. The highest BCUT2D eigenvalue weighted by atomic mass is 35.5. The Kier molecular flexibility index (Phi) is 4.42. The lowest BCUT2D eigenvalue weighted by Gasteiger charge is -2.08. The lowest BCUT2D eigenvalue weighted by atomic mass is 10.2. The van der Waals surface area contributed by atoms with Gasteiger partial charge in [-0.15, -0.1) is 0 Å². The van der Waals surface area contributed by atoms with Crippen LogP contribution in [-0.4, -0.2) is 17.5 Å². The Balaban J connectivity index is 2.19. The molecule has 0 spiro atoms. The fraction of sp³-hybridized carbons (Fsp3) is 0.143. The van der Waals surface area contributed by atoms with E-state index in [2.05, 4.69) is 10.3 Å². The van der Waals surface area contributed by atoms with Crippen LogP contribution in [0.3, 0.4) is 0 Å². The van der Waals surface area contributed by atoms with Crippen LogP contribution in [0, 0.1) is 0 Å². The Morgan fingerprint density at radius 2 is 2.20 bits per heavy atom. The maximum absolute atomic E-state index is 12.1.